The highest BCUT2D eigenvalue weighted by Crippen LogP contribution is 2.02. The second kappa shape index (κ2) is 3.02. The van der Waals surface area contributed by atoms with Gasteiger partial charge in [0, 0.05) is 0 Å². The summed E-state index contributed by atoms with van der Waals surface area (Å²) in [7, 11) is 0. The van der Waals surface area contributed by atoms with Crippen LogP contribution in [0, 0.1) is 0 Å². The Morgan fingerprint density at radius 2 is 2.22 bits per heavy atom. The van der Waals surface area contributed by atoms with Crippen LogP contribution in [-0.4, -0.2) is 6.29 Å². The van der Waals surface area contributed by atoms with E-state index in [1.165, 1.54) is 0 Å². The van der Waals surface area contributed by atoms with Gasteiger partial charge >= 0.3 is 0 Å². The van der Waals surface area contributed by atoms with Crippen molar-refractivity contribution in [3.8, 4) is 0 Å². The molecule has 0 bridgehead atoms. The van der Waals surface area contributed by atoms with Crippen molar-refractivity contribution in [2.45, 2.75) is 6.42 Å². The maximum absolute atomic E-state index is 10.2. The molecule has 1 heteroatoms. The van der Waals surface area contributed by atoms with Crippen molar-refractivity contribution >= 4 is 6.29 Å². The first-order valence-corrected chi connectivity index (χ1v) is 2.91. The van der Waals surface area contributed by atoms with Gasteiger partial charge in [0.2, 0.25) is 0 Å². The Bertz CT molecular complexity index is 185. The van der Waals surface area contributed by atoms with Crippen molar-refractivity contribution in [2.75, 3.05) is 0 Å². The highest BCUT2D eigenvalue weighted by atomic mass is 16.1. The summed E-state index contributed by atoms with van der Waals surface area (Å²) in [5.41, 5.74) is 0.833. The molecule has 0 aromatic carbocycles. The van der Waals surface area contributed by atoms with E-state index in [2.05, 4.69) is 0 Å². The van der Waals surface area contributed by atoms with E-state index in [1.807, 2.05) is 30.4 Å². The van der Waals surface area contributed by atoms with Crippen LogP contribution in [0.1, 0.15) is 6.42 Å². The van der Waals surface area contributed by atoms with Crippen LogP contribution in [0.3, 0.4) is 0 Å². The normalized spacial score (nSPS) is 16.7. The van der Waals surface area contributed by atoms with Crippen molar-refractivity contribution in [3.63, 3.8) is 0 Å². The molecule has 1 aliphatic rings. The lowest BCUT2D eigenvalue weighted by Crippen LogP contribution is -1.78. The molecule has 0 aliphatic heterocycles. The SMILES string of the molecule is O=CC1=CC=CC=CC1. The van der Waals surface area contributed by atoms with Crippen LogP contribution in [0.15, 0.2) is 36.0 Å². The summed E-state index contributed by atoms with van der Waals surface area (Å²) in [4.78, 5) is 10.2. The Labute approximate surface area is 54.4 Å². The molecule has 9 heavy (non-hydrogen) atoms. The molecule has 0 saturated carbocycles. The van der Waals surface area contributed by atoms with Crippen molar-refractivity contribution in [1.82, 2.24) is 0 Å². The van der Waals surface area contributed by atoms with Crippen LogP contribution in [0.25, 0.3) is 0 Å². The van der Waals surface area contributed by atoms with Crippen molar-refractivity contribution < 1.29 is 4.79 Å². The lowest BCUT2D eigenvalue weighted by molar-refractivity contribution is -0.104. The second-order valence-corrected chi connectivity index (χ2v) is 1.88. The summed E-state index contributed by atoms with van der Waals surface area (Å²) in [6.45, 7) is 0. The van der Waals surface area contributed by atoms with Gasteiger partial charge in [-0.1, -0.05) is 30.4 Å². The van der Waals surface area contributed by atoms with Crippen LogP contribution < -0.4 is 0 Å². The monoisotopic (exact) mass is 120 g/mol. The summed E-state index contributed by atoms with van der Waals surface area (Å²) < 4.78 is 0. The maximum atomic E-state index is 10.2. The number of hydrogen-bond donors (Lipinski definition) is 0. The fourth-order valence-electron chi connectivity index (χ4n) is 0.681. The first-order valence-electron chi connectivity index (χ1n) is 2.91. The first-order chi connectivity index (χ1) is 4.43. The predicted molar refractivity (Wildman–Crippen MR) is 37.0 cm³/mol. The number of rotatable bonds is 1. The molecule has 0 amide bonds. The molecule has 1 rings (SSSR count). The Morgan fingerprint density at radius 3 is 3.00 bits per heavy atom. The van der Waals surface area contributed by atoms with E-state index < -0.39 is 0 Å². The van der Waals surface area contributed by atoms with E-state index in [1.54, 1.807) is 0 Å². The summed E-state index contributed by atoms with van der Waals surface area (Å²) in [5, 5.41) is 0. The number of carbonyl (C=O) groups excluding carboxylic acids is 1. The smallest absolute Gasteiger partial charge is 0.146 e. The van der Waals surface area contributed by atoms with Crippen molar-refractivity contribution in [3.05, 3.63) is 36.0 Å². The fourth-order valence-corrected chi connectivity index (χ4v) is 0.681. The zero-order chi connectivity index (χ0) is 6.53. The molecule has 0 N–H and O–H groups in total. The molecule has 0 saturated heterocycles. The van der Waals surface area contributed by atoms with Gasteiger partial charge in [0.05, 0.1) is 0 Å². The molecule has 0 atom stereocenters. The first kappa shape index (κ1) is 6.02. The second-order valence-electron chi connectivity index (χ2n) is 1.88. The van der Waals surface area contributed by atoms with Crippen LogP contribution >= 0.6 is 0 Å². The van der Waals surface area contributed by atoms with Crippen LogP contribution in [0.4, 0.5) is 0 Å². The van der Waals surface area contributed by atoms with Gasteiger partial charge in [-0.05, 0) is 12.0 Å². The van der Waals surface area contributed by atoms with Crippen LogP contribution in [0.2, 0.25) is 0 Å². The summed E-state index contributed by atoms with van der Waals surface area (Å²) >= 11 is 0. The molecule has 0 heterocycles. The molecule has 1 nitrogen and oxygen atoms in total. The van der Waals surface area contributed by atoms with E-state index in [9.17, 15) is 4.79 Å². The maximum Gasteiger partial charge on any atom is 0.146 e. The number of carbonyl (C=O) groups is 1. The molecule has 0 unspecified atom stereocenters. The van der Waals surface area contributed by atoms with E-state index in [-0.39, 0.29) is 0 Å². The van der Waals surface area contributed by atoms with E-state index in [0.717, 1.165) is 18.3 Å². The molecular weight excluding hydrogens is 112 g/mol. The molecule has 0 radical (unpaired) electrons. The fraction of sp³-hybridized carbons (Fsp3) is 0.125. The summed E-state index contributed by atoms with van der Waals surface area (Å²) in [5.74, 6) is 0. The topological polar surface area (TPSA) is 17.1 Å². The van der Waals surface area contributed by atoms with Gasteiger partial charge in [-0.2, -0.15) is 0 Å². The van der Waals surface area contributed by atoms with Crippen LogP contribution in [-0.2, 0) is 4.79 Å². The Morgan fingerprint density at radius 1 is 1.33 bits per heavy atom. The minimum Gasteiger partial charge on any atom is -0.298 e. The van der Waals surface area contributed by atoms with Crippen LogP contribution in [0.5, 0.6) is 0 Å². The minimum absolute atomic E-state index is 0.760. The Balaban J connectivity index is 2.73. The van der Waals surface area contributed by atoms with E-state index in [0.29, 0.717) is 0 Å². The lowest BCUT2D eigenvalue weighted by Gasteiger charge is -1.85. The van der Waals surface area contributed by atoms with Crippen molar-refractivity contribution in [2.24, 2.45) is 0 Å². The third-order valence-corrected chi connectivity index (χ3v) is 1.17. The third-order valence-electron chi connectivity index (χ3n) is 1.17. The van der Waals surface area contributed by atoms with E-state index in [4.69, 9.17) is 0 Å². The van der Waals surface area contributed by atoms with Gasteiger partial charge in [0.1, 0.15) is 6.29 Å². The number of hydrogen-bond acceptors (Lipinski definition) is 1. The molecule has 0 aromatic rings. The minimum atomic E-state index is 0.760. The molecule has 1 aliphatic carbocycles. The highest BCUT2D eigenvalue weighted by Gasteiger charge is 1.89. The Hall–Kier alpha value is -1.11. The number of aldehydes is 1. The van der Waals surface area contributed by atoms with Crippen molar-refractivity contribution in [1.29, 1.82) is 0 Å². The van der Waals surface area contributed by atoms with Gasteiger partial charge in [-0.3, -0.25) is 4.79 Å². The van der Waals surface area contributed by atoms with Gasteiger partial charge < -0.3 is 0 Å². The zero-order valence-electron chi connectivity index (χ0n) is 5.08. The van der Waals surface area contributed by atoms with E-state index >= 15 is 0 Å². The largest absolute Gasteiger partial charge is 0.298 e. The summed E-state index contributed by atoms with van der Waals surface area (Å²) in [6.07, 6.45) is 11.2. The van der Waals surface area contributed by atoms with Gasteiger partial charge in [-0.25, -0.2) is 0 Å². The average molecular weight is 120 g/mol. The lowest BCUT2D eigenvalue weighted by atomic mass is 10.2. The standard InChI is InChI=1S/C8H8O/c9-7-8-5-3-1-2-4-6-8/h1-5,7H,6H2. The Kier molecular flexibility index (Phi) is 2.02. The summed E-state index contributed by atoms with van der Waals surface area (Å²) in [6, 6.07) is 0. The quantitative estimate of drug-likeness (QED) is 0.480. The molecule has 0 spiro atoms. The average Bonchev–Trinajstić information content (AvgIpc) is 2.13. The molecule has 0 fully saturated rings. The molecule has 0 aromatic heterocycles. The predicted octanol–water partition coefficient (Wildman–Crippen LogP) is 1.63. The molecular formula is C8H8O. The zero-order valence-corrected chi connectivity index (χ0v) is 5.08. The van der Waals surface area contributed by atoms with Gasteiger partial charge in [0.15, 0.2) is 0 Å². The molecule has 46 valence electrons. The highest BCUT2D eigenvalue weighted by molar-refractivity contribution is 5.74. The number of allylic oxidation sites excluding steroid dienone is 6. The third kappa shape index (κ3) is 1.68. The van der Waals surface area contributed by atoms with Gasteiger partial charge in [0.25, 0.3) is 0 Å². The van der Waals surface area contributed by atoms with Gasteiger partial charge in [-0.15, -0.1) is 0 Å².